The number of para-hydroxylation sites is 1. The zero-order valence-corrected chi connectivity index (χ0v) is 19.5. The lowest BCUT2D eigenvalue weighted by molar-refractivity contribution is 0.208. The van der Waals surface area contributed by atoms with Gasteiger partial charge in [0.15, 0.2) is 0 Å². The van der Waals surface area contributed by atoms with Crippen molar-refractivity contribution in [3.63, 3.8) is 0 Å². The van der Waals surface area contributed by atoms with E-state index >= 15 is 0 Å². The molecule has 0 radical (unpaired) electrons. The van der Waals surface area contributed by atoms with Crippen LogP contribution in [-0.4, -0.2) is 54.4 Å². The molecule has 0 aliphatic heterocycles. The van der Waals surface area contributed by atoms with Crippen LogP contribution in [0.4, 0.5) is 5.69 Å². The van der Waals surface area contributed by atoms with Crippen LogP contribution in [0.25, 0.3) is 10.9 Å². The fraction of sp³-hybridized carbons (Fsp3) is 0.304. The van der Waals surface area contributed by atoms with Gasteiger partial charge in [0, 0.05) is 49.5 Å². The van der Waals surface area contributed by atoms with Crippen molar-refractivity contribution in [2.75, 3.05) is 44.6 Å². The Balaban J connectivity index is 2.10. The van der Waals surface area contributed by atoms with Gasteiger partial charge in [-0.3, -0.25) is 4.79 Å². The smallest absolute Gasteiger partial charge is 0.264 e. The molecule has 0 aliphatic rings. The molecule has 0 saturated carbocycles. The Kier molecular flexibility index (Phi) is 8.09. The average molecular weight is 459 g/mol. The lowest BCUT2D eigenvalue weighted by Gasteiger charge is -2.26. The SMILES string of the molecule is COCCSc1ccc2c(c1)c(O)c(C(=S)N(CCOC)c1ccccc1)c(=O)n2C. The lowest BCUT2D eigenvalue weighted by atomic mass is 10.1. The maximum atomic E-state index is 13.2. The number of aromatic hydroxyl groups is 1. The molecule has 1 N–H and O–H groups in total. The molecule has 1 heterocycles. The Labute approximate surface area is 191 Å². The van der Waals surface area contributed by atoms with Gasteiger partial charge < -0.3 is 24.0 Å². The highest BCUT2D eigenvalue weighted by atomic mass is 32.2. The molecule has 164 valence electrons. The van der Waals surface area contributed by atoms with E-state index in [0.717, 1.165) is 16.3 Å². The minimum Gasteiger partial charge on any atom is -0.506 e. The highest BCUT2D eigenvalue weighted by Gasteiger charge is 2.23. The molecule has 2 aromatic carbocycles. The summed E-state index contributed by atoms with van der Waals surface area (Å²) < 4.78 is 11.9. The number of rotatable bonds is 9. The van der Waals surface area contributed by atoms with E-state index in [4.69, 9.17) is 21.7 Å². The Morgan fingerprint density at radius 1 is 1.13 bits per heavy atom. The van der Waals surface area contributed by atoms with Crippen molar-refractivity contribution < 1.29 is 14.6 Å². The molecule has 0 fully saturated rings. The van der Waals surface area contributed by atoms with Crippen LogP contribution in [0.3, 0.4) is 0 Å². The maximum Gasteiger partial charge on any atom is 0.264 e. The van der Waals surface area contributed by atoms with Crippen molar-refractivity contribution in [2.45, 2.75) is 4.90 Å². The summed E-state index contributed by atoms with van der Waals surface area (Å²) in [5, 5.41) is 11.7. The number of hydrogen-bond acceptors (Lipinski definition) is 6. The molecule has 8 heteroatoms. The summed E-state index contributed by atoms with van der Waals surface area (Å²) in [6.07, 6.45) is 0. The summed E-state index contributed by atoms with van der Waals surface area (Å²) in [5.41, 5.74) is 1.25. The van der Waals surface area contributed by atoms with Gasteiger partial charge in [-0.15, -0.1) is 11.8 Å². The standard InChI is InChI=1S/C23H26N2O4S2/c1-24-19-10-9-17(31-14-13-29-3)15-18(19)21(26)20(22(24)27)23(30)25(11-12-28-2)16-7-5-4-6-8-16/h4-10,15,26H,11-14H2,1-3H3. The molecule has 0 spiro atoms. The Morgan fingerprint density at radius 3 is 2.52 bits per heavy atom. The minimum atomic E-state index is -0.340. The second kappa shape index (κ2) is 10.8. The Hall–Kier alpha value is -2.39. The van der Waals surface area contributed by atoms with E-state index in [1.807, 2.05) is 53.4 Å². The number of pyridine rings is 1. The number of aromatic nitrogens is 1. The number of benzene rings is 2. The predicted octanol–water partition coefficient (Wildman–Crippen LogP) is 3.81. The molecule has 0 bridgehead atoms. The molecule has 3 rings (SSSR count). The van der Waals surface area contributed by atoms with Crippen molar-refractivity contribution in [3.05, 3.63) is 64.4 Å². The molecule has 1 aromatic heterocycles. The van der Waals surface area contributed by atoms with Crippen molar-refractivity contribution >= 4 is 45.6 Å². The molecule has 0 amide bonds. The van der Waals surface area contributed by atoms with Crippen LogP contribution in [0, 0.1) is 0 Å². The van der Waals surface area contributed by atoms with Gasteiger partial charge >= 0.3 is 0 Å². The molecule has 31 heavy (non-hydrogen) atoms. The van der Waals surface area contributed by atoms with Crippen LogP contribution in [0.2, 0.25) is 0 Å². The summed E-state index contributed by atoms with van der Waals surface area (Å²) in [7, 11) is 4.97. The first-order valence-corrected chi connectivity index (χ1v) is 11.2. The van der Waals surface area contributed by atoms with Gasteiger partial charge in [0.25, 0.3) is 5.56 Å². The van der Waals surface area contributed by atoms with Gasteiger partial charge in [0.05, 0.1) is 18.7 Å². The minimum absolute atomic E-state index is 0.101. The van der Waals surface area contributed by atoms with Gasteiger partial charge in [0.2, 0.25) is 0 Å². The predicted molar refractivity (Wildman–Crippen MR) is 131 cm³/mol. The number of thiocarbonyl (C=S) groups is 1. The fourth-order valence-corrected chi connectivity index (χ4v) is 4.54. The number of methoxy groups -OCH3 is 2. The lowest BCUT2D eigenvalue weighted by Crippen LogP contribution is -2.37. The summed E-state index contributed by atoms with van der Waals surface area (Å²) in [5.74, 6) is 0.689. The third-order valence-electron chi connectivity index (χ3n) is 4.94. The number of ether oxygens (including phenoxy) is 2. The Morgan fingerprint density at radius 2 is 1.84 bits per heavy atom. The number of anilines is 1. The number of nitrogens with zero attached hydrogens (tertiary/aromatic N) is 2. The summed E-state index contributed by atoms with van der Waals surface area (Å²) >= 11 is 7.35. The molecular formula is C23H26N2O4S2. The quantitative estimate of drug-likeness (QED) is 0.297. The number of thioether (sulfide) groups is 1. The van der Waals surface area contributed by atoms with Gasteiger partial charge in [0.1, 0.15) is 16.3 Å². The van der Waals surface area contributed by atoms with E-state index in [2.05, 4.69) is 0 Å². The molecule has 0 saturated heterocycles. The largest absolute Gasteiger partial charge is 0.506 e. The van der Waals surface area contributed by atoms with Crippen LogP contribution in [0.1, 0.15) is 5.56 Å². The second-order valence-electron chi connectivity index (χ2n) is 6.89. The van der Waals surface area contributed by atoms with Crippen LogP contribution in [0.15, 0.2) is 58.2 Å². The average Bonchev–Trinajstić information content (AvgIpc) is 2.79. The van der Waals surface area contributed by atoms with E-state index in [0.29, 0.717) is 30.7 Å². The summed E-state index contributed by atoms with van der Waals surface area (Å²) in [4.78, 5) is 16.2. The summed E-state index contributed by atoms with van der Waals surface area (Å²) in [6.45, 7) is 1.50. The highest BCUT2D eigenvalue weighted by molar-refractivity contribution is 7.99. The maximum absolute atomic E-state index is 13.2. The third-order valence-corrected chi connectivity index (χ3v) is 6.32. The van der Waals surface area contributed by atoms with Crippen LogP contribution >= 0.6 is 24.0 Å². The second-order valence-corrected chi connectivity index (χ2v) is 8.45. The van der Waals surface area contributed by atoms with E-state index in [-0.39, 0.29) is 21.9 Å². The number of hydrogen-bond donors (Lipinski definition) is 1. The van der Waals surface area contributed by atoms with E-state index in [1.54, 1.807) is 33.0 Å². The van der Waals surface area contributed by atoms with Gasteiger partial charge in [-0.05, 0) is 30.3 Å². The molecule has 0 atom stereocenters. The first kappa shape index (κ1) is 23.3. The normalized spacial score (nSPS) is 11.1. The topological polar surface area (TPSA) is 63.9 Å². The van der Waals surface area contributed by atoms with Crippen LogP contribution < -0.4 is 10.5 Å². The molecule has 6 nitrogen and oxygen atoms in total. The third kappa shape index (κ3) is 5.10. The van der Waals surface area contributed by atoms with Gasteiger partial charge in [-0.1, -0.05) is 30.4 Å². The molecule has 0 unspecified atom stereocenters. The van der Waals surface area contributed by atoms with Crippen LogP contribution in [0.5, 0.6) is 5.75 Å². The van der Waals surface area contributed by atoms with E-state index in [9.17, 15) is 9.90 Å². The molecule has 3 aromatic rings. The van der Waals surface area contributed by atoms with Gasteiger partial charge in [-0.25, -0.2) is 0 Å². The number of aryl methyl sites for hydroxylation is 1. The van der Waals surface area contributed by atoms with Crippen molar-refractivity contribution in [2.24, 2.45) is 7.05 Å². The first-order chi connectivity index (χ1) is 15.0. The summed E-state index contributed by atoms with van der Waals surface area (Å²) in [6, 6.07) is 15.2. The monoisotopic (exact) mass is 458 g/mol. The van der Waals surface area contributed by atoms with E-state index in [1.165, 1.54) is 4.57 Å². The number of fused-ring (bicyclic) bond motifs is 1. The van der Waals surface area contributed by atoms with Crippen molar-refractivity contribution in [1.82, 2.24) is 4.57 Å². The Bertz CT molecular complexity index is 1120. The van der Waals surface area contributed by atoms with Crippen LogP contribution in [-0.2, 0) is 16.5 Å². The molecule has 0 aliphatic carbocycles. The van der Waals surface area contributed by atoms with Crippen molar-refractivity contribution in [3.8, 4) is 5.75 Å². The first-order valence-electron chi connectivity index (χ1n) is 9.83. The van der Waals surface area contributed by atoms with Crippen molar-refractivity contribution in [1.29, 1.82) is 0 Å². The zero-order chi connectivity index (χ0) is 22.4. The molecular weight excluding hydrogens is 432 g/mol. The van der Waals surface area contributed by atoms with Gasteiger partial charge in [-0.2, -0.15) is 0 Å². The van der Waals surface area contributed by atoms with E-state index < -0.39 is 0 Å². The highest BCUT2D eigenvalue weighted by Crippen LogP contribution is 2.32. The fourth-order valence-electron chi connectivity index (χ4n) is 3.31. The zero-order valence-electron chi connectivity index (χ0n) is 17.8.